The fraction of sp³-hybridized carbons (Fsp3) is 0.200. The third kappa shape index (κ3) is 5.73. The van der Waals surface area contributed by atoms with Gasteiger partial charge >= 0.3 is 6.18 Å². The molecule has 226 valence electrons. The van der Waals surface area contributed by atoms with Crippen LogP contribution in [0.5, 0.6) is 17.2 Å². The third-order valence-electron chi connectivity index (χ3n) is 6.88. The number of methoxy groups -OCH3 is 3. The first-order chi connectivity index (χ1) is 21.2. The smallest absolute Gasteiger partial charge is 0.416 e. The van der Waals surface area contributed by atoms with Crippen molar-refractivity contribution in [3.8, 4) is 17.2 Å². The van der Waals surface area contributed by atoms with Crippen LogP contribution < -0.4 is 24.8 Å². The van der Waals surface area contributed by atoms with E-state index >= 15 is 0 Å². The predicted molar refractivity (Wildman–Crippen MR) is 159 cm³/mol. The molecule has 0 aliphatic heterocycles. The highest BCUT2D eigenvalue weighted by Crippen LogP contribution is 2.40. The number of anilines is 3. The lowest BCUT2D eigenvalue weighted by molar-refractivity contribution is -0.137. The molecule has 3 N–H and O–H groups in total. The summed E-state index contributed by atoms with van der Waals surface area (Å²) in [6.45, 7) is 0.550. The molecule has 0 aliphatic rings. The highest BCUT2D eigenvalue weighted by molar-refractivity contribution is 5.85. The van der Waals surface area contributed by atoms with E-state index in [0.717, 1.165) is 23.2 Å². The Morgan fingerprint density at radius 1 is 0.886 bits per heavy atom. The number of nitrogens with zero attached hydrogens (tertiary/aromatic N) is 5. The fourth-order valence-corrected chi connectivity index (χ4v) is 4.77. The van der Waals surface area contributed by atoms with Gasteiger partial charge in [0.1, 0.15) is 5.82 Å². The van der Waals surface area contributed by atoms with Gasteiger partial charge in [-0.05, 0) is 29.8 Å². The van der Waals surface area contributed by atoms with Gasteiger partial charge in [0.15, 0.2) is 28.5 Å². The normalized spacial score (nSPS) is 11.6. The number of aromatic nitrogens is 6. The molecule has 0 atom stereocenters. The number of fused-ring (bicyclic) bond motifs is 2. The van der Waals surface area contributed by atoms with E-state index in [1.54, 1.807) is 23.0 Å². The van der Waals surface area contributed by atoms with E-state index in [1.165, 1.54) is 33.5 Å². The monoisotopic (exact) mass is 604 g/mol. The molecule has 0 aliphatic carbocycles. The Morgan fingerprint density at radius 2 is 1.61 bits per heavy atom. The van der Waals surface area contributed by atoms with E-state index < -0.39 is 11.7 Å². The first kappa shape index (κ1) is 28.6. The number of aromatic amines is 1. The second-order valence-corrected chi connectivity index (χ2v) is 9.73. The number of hydrogen-bond donors (Lipinski definition) is 3. The summed E-state index contributed by atoms with van der Waals surface area (Å²) < 4.78 is 57.4. The maximum Gasteiger partial charge on any atom is 0.416 e. The molecule has 3 aromatic carbocycles. The van der Waals surface area contributed by atoms with Crippen molar-refractivity contribution in [1.29, 1.82) is 0 Å². The van der Waals surface area contributed by atoms with Crippen LogP contribution >= 0.6 is 0 Å². The van der Waals surface area contributed by atoms with Gasteiger partial charge < -0.3 is 34.4 Å². The van der Waals surface area contributed by atoms with Crippen LogP contribution in [0.25, 0.3) is 22.2 Å². The van der Waals surface area contributed by atoms with Crippen LogP contribution in [-0.2, 0) is 19.3 Å². The number of benzene rings is 3. The van der Waals surface area contributed by atoms with Crippen LogP contribution in [-0.4, -0.2) is 50.8 Å². The van der Waals surface area contributed by atoms with E-state index in [-0.39, 0.29) is 12.5 Å². The van der Waals surface area contributed by atoms with E-state index in [0.29, 0.717) is 57.9 Å². The lowest BCUT2D eigenvalue weighted by Gasteiger charge is -2.15. The number of imidazole rings is 2. The number of alkyl halides is 3. The van der Waals surface area contributed by atoms with E-state index in [4.69, 9.17) is 19.2 Å². The molecule has 0 spiro atoms. The molecule has 6 aromatic rings. The summed E-state index contributed by atoms with van der Waals surface area (Å²) in [6, 6.07) is 16.1. The highest BCUT2D eigenvalue weighted by Gasteiger charge is 2.30. The van der Waals surface area contributed by atoms with E-state index in [9.17, 15) is 13.2 Å². The van der Waals surface area contributed by atoms with Crippen LogP contribution in [0.2, 0.25) is 0 Å². The summed E-state index contributed by atoms with van der Waals surface area (Å²) in [4.78, 5) is 21.8. The molecule has 11 nitrogen and oxygen atoms in total. The molecule has 14 heteroatoms. The largest absolute Gasteiger partial charge is 0.493 e. The summed E-state index contributed by atoms with van der Waals surface area (Å²) in [7, 11) is 4.55. The number of hydrogen-bond acceptors (Lipinski definition) is 9. The summed E-state index contributed by atoms with van der Waals surface area (Å²) in [5, 5.41) is 6.50. The molecule has 3 aromatic heterocycles. The van der Waals surface area contributed by atoms with Gasteiger partial charge in [-0.1, -0.05) is 24.3 Å². The molecule has 3 heterocycles. The Hall–Kier alpha value is -5.53. The van der Waals surface area contributed by atoms with Gasteiger partial charge in [0.25, 0.3) is 0 Å². The van der Waals surface area contributed by atoms with Gasteiger partial charge in [0, 0.05) is 17.8 Å². The lowest BCUT2D eigenvalue weighted by Crippen LogP contribution is -2.08. The zero-order chi connectivity index (χ0) is 30.8. The van der Waals surface area contributed by atoms with Crippen molar-refractivity contribution in [2.24, 2.45) is 0 Å². The zero-order valence-corrected chi connectivity index (χ0v) is 23.9. The molecule has 44 heavy (non-hydrogen) atoms. The van der Waals surface area contributed by atoms with Gasteiger partial charge in [-0.2, -0.15) is 23.1 Å². The number of H-pyrrole nitrogens is 1. The SMILES string of the molecule is COc1cc(Nc2nc(NCc3nc4ccccc4[nH]3)c3ncn(Cc4ccc(C(F)(F)F)cc4)c3n2)cc(OC)c1OC. The Bertz CT molecular complexity index is 1880. The van der Waals surface area contributed by atoms with Crippen LogP contribution in [0.15, 0.2) is 67.0 Å². The highest BCUT2D eigenvalue weighted by atomic mass is 19.4. The number of rotatable bonds is 10. The number of nitrogens with one attached hydrogen (secondary N) is 3. The third-order valence-corrected chi connectivity index (χ3v) is 6.88. The van der Waals surface area contributed by atoms with E-state index in [1.807, 2.05) is 24.3 Å². The molecule has 0 fully saturated rings. The van der Waals surface area contributed by atoms with Crippen molar-refractivity contribution < 1.29 is 27.4 Å². The summed E-state index contributed by atoms with van der Waals surface area (Å²) >= 11 is 0. The lowest BCUT2D eigenvalue weighted by atomic mass is 10.1. The molecule has 0 amide bonds. The average molecular weight is 605 g/mol. The second-order valence-electron chi connectivity index (χ2n) is 9.73. The van der Waals surface area contributed by atoms with Crippen molar-refractivity contribution in [3.05, 3.63) is 83.9 Å². The zero-order valence-electron chi connectivity index (χ0n) is 23.9. The molecule has 0 unspecified atom stereocenters. The molecular formula is C30H27F3N8O3. The number of halogens is 3. The first-order valence-electron chi connectivity index (χ1n) is 13.4. The maximum atomic E-state index is 13.1. The van der Waals surface area contributed by atoms with Gasteiger partial charge in [0.2, 0.25) is 11.7 Å². The minimum Gasteiger partial charge on any atom is -0.493 e. The first-order valence-corrected chi connectivity index (χ1v) is 13.4. The van der Waals surface area contributed by atoms with Crippen molar-refractivity contribution in [3.63, 3.8) is 0 Å². The maximum absolute atomic E-state index is 13.1. The number of para-hydroxylation sites is 2. The summed E-state index contributed by atoms with van der Waals surface area (Å²) in [6.07, 6.45) is -2.84. The molecule has 0 saturated carbocycles. The Labute approximate surface area is 249 Å². The second kappa shape index (κ2) is 11.6. The van der Waals surface area contributed by atoms with Crippen molar-refractivity contribution in [2.75, 3.05) is 32.0 Å². The topological polar surface area (TPSA) is 124 Å². The van der Waals surface area contributed by atoms with Gasteiger partial charge in [-0.15, -0.1) is 0 Å². The summed E-state index contributed by atoms with van der Waals surface area (Å²) in [5.41, 5.74) is 3.17. The number of ether oxygens (including phenoxy) is 3. The predicted octanol–water partition coefficient (Wildman–Crippen LogP) is 6.15. The van der Waals surface area contributed by atoms with Crippen LogP contribution in [0, 0.1) is 0 Å². The van der Waals surface area contributed by atoms with Crippen LogP contribution in [0.1, 0.15) is 17.0 Å². The van der Waals surface area contributed by atoms with Gasteiger partial charge in [-0.25, -0.2) is 9.97 Å². The Balaban J connectivity index is 1.37. The molecule has 0 bridgehead atoms. The van der Waals surface area contributed by atoms with Gasteiger partial charge in [0.05, 0.1) is 57.3 Å². The molecular weight excluding hydrogens is 577 g/mol. The quantitative estimate of drug-likeness (QED) is 0.169. The average Bonchev–Trinajstić information content (AvgIpc) is 3.63. The van der Waals surface area contributed by atoms with Gasteiger partial charge in [-0.3, -0.25) is 0 Å². The van der Waals surface area contributed by atoms with Crippen molar-refractivity contribution >= 4 is 39.7 Å². The molecule has 0 saturated heterocycles. The summed E-state index contributed by atoms with van der Waals surface area (Å²) in [5.74, 6) is 2.66. The minimum absolute atomic E-state index is 0.230. The minimum atomic E-state index is -4.42. The molecule has 0 radical (unpaired) electrons. The Kier molecular flexibility index (Phi) is 7.55. The van der Waals surface area contributed by atoms with Crippen LogP contribution in [0.4, 0.5) is 30.6 Å². The standard InChI is InChI=1S/C30H27F3N8O3/c1-42-22-12-19(13-23(43-2)26(22)44-3)36-29-39-27(34-14-24-37-20-6-4-5-7-21(20)38-24)25-28(40-29)41(16-35-25)15-17-8-10-18(11-9-17)30(31,32)33/h4-13,16H,14-15H2,1-3H3,(H,37,38)(H2,34,36,39,40). The van der Waals surface area contributed by atoms with E-state index in [2.05, 4.69) is 30.6 Å². The fourth-order valence-electron chi connectivity index (χ4n) is 4.77. The van der Waals surface area contributed by atoms with Crippen molar-refractivity contribution in [2.45, 2.75) is 19.3 Å². The Morgan fingerprint density at radius 3 is 2.27 bits per heavy atom. The van der Waals surface area contributed by atoms with Crippen LogP contribution in [0.3, 0.4) is 0 Å². The molecule has 6 rings (SSSR count). The van der Waals surface area contributed by atoms with Crippen molar-refractivity contribution in [1.82, 2.24) is 29.5 Å².